The third kappa shape index (κ3) is 3.48. The predicted octanol–water partition coefficient (Wildman–Crippen LogP) is 5.29. The second-order valence-corrected chi connectivity index (χ2v) is 18.1. The molecule has 0 aliphatic carbocycles. The van der Waals surface area contributed by atoms with Gasteiger partial charge in [-0.05, 0) is 0 Å². The van der Waals surface area contributed by atoms with E-state index in [0.29, 0.717) is 5.92 Å². The van der Waals surface area contributed by atoms with Crippen LogP contribution < -0.4 is 15.9 Å². The fourth-order valence-corrected chi connectivity index (χ4v) is 14.2. The Morgan fingerprint density at radius 3 is 1.41 bits per heavy atom. The molecule has 0 amide bonds. The minimum absolute atomic E-state index is 0.689. The zero-order valence-electron chi connectivity index (χ0n) is 15.5. The van der Waals surface area contributed by atoms with Crippen LogP contribution in [0.3, 0.4) is 0 Å². The van der Waals surface area contributed by atoms with Gasteiger partial charge in [-0.15, -0.1) is 0 Å². The topological polar surface area (TPSA) is 9.23 Å². The summed E-state index contributed by atoms with van der Waals surface area (Å²) in [5.41, 5.74) is 0. The average molecular weight is 488 g/mol. The van der Waals surface area contributed by atoms with Crippen molar-refractivity contribution in [2.75, 3.05) is 19.4 Å². The first kappa shape index (κ1) is 19.1. The van der Waals surface area contributed by atoms with Gasteiger partial charge in [-0.2, -0.15) is 0 Å². The first-order valence-electron chi connectivity index (χ1n) is 9.69. The van der Waals surface area contributed by atoms with E-state index in [9.17, 15) is 0 Å². The molecule has 3 heteroatoms. The van der Waals surface area contributed by atoms with Gasteiger partial charge < -0.3 is 0 Å². The number of halogens is 1. The molecule has 1 heterocycles. The summed E-state index contributed by atoms with van der Waals surface area (Å²) >= 11 is 2.90. The first-order valence-corrected chi connectivity index (χ1v) is 14.9. The van der Waals surface area contributed by atoms with Crippen LogP contribution >= 0.6 is 26.3 Å². The van der Waals surface area contributed by atoms with Crippen molar-refractivity contribution in [2.24, 2.45) is 5.92 Å². The van der Waals surface area contributed by atoms with Gasteiger partial charge in [0.1, 0.15) is 0 Å². The van der Waals surface area contributed by atoms with Crippen LogP contribution in [-0.4, -0.2) is 19.4 Å². The van der Waals surface area contributed by atoms with Gasteiger partial charge in [-0.3, -0.25) is 0 Å². The molecule has 3 aromatic carbocycles. The molecule has 0 aromatic heterocycles. The summed E-state index contributed by atoms with van der Waals surface area (Å²) in [6.07, 6.45) is 3.52. The Labute approximate surface area is 175 Å². The monoisotopic (exact) mass is 488 g/mol. The van der Waals surface area contributed by atoms with Crippen LogP contribution in [0.25, 0.3) is 0 Å². The standard InChI is InChI=1S/C24H26IOP/c25-27(22-10-4-1-5-11-22,23-12-6-2-7-13-23,24-14-8-3-9-15-24)20-21-16-18-26-19-17-21/h1-15,21H,16-20H2. The van der Waals surface area contributed by atoms with Gasteiger partial charge >= 0.3 is 176 Å². The van der Waals surface area contributed by atoms with E-state index in [1.807, 2.05) is 0 Å². The molecule has 140 valence electrons. The van der Waals surface area contributed by atoms with Crippen LogP contribution in [0.2, 0.25) is 0 Å². The van der Waals surface area contributed by atoms with E-state index in [-0.39, 0.29) is 0 Å². The summed E-state index contributed by atoms with van der Waals surface area (Å²) in [6.45, 7) is 1.79. The van der Waals surface area contributed by atoms with Crippen molar-refractivity contribution in [3.63, 3.8) is 0 Å². The molecule has 0 spiro atoms. The van der Waals surface area contributed by atoms with E-state index < -0.39 is 4.25 Å². The SMILES string of the molecule is IP(CC1CCOCC1)(c1ccccc1)(c1ccccc1)c1ccccc1. The van der Waals surface area contributed by atoms with Gasteiger partial charge in [-0.25, -0.2) is 0 Å². The predicted molar refractivity (Wildman–Crippen MR) is 128 cm³/mol. The van der Waals surface area contributed by atoms with Crippen molar-refractivity contribution in [1.82, 2.24) is 0 Å². The zero-order chi connectivity index (χ0) is 18.6. The van der Waals surface area contributed by atoms with Crippen LogP contribution in [0.15, 0.2) is 91.0 Å². The van der Waals surface area contributed by atoms with Crippen molar-refractivity contribution < 1.29 is 4.74 Å². The Hall–Kier alpha value is -1.22. The minimum atomic E-state index is -2.61. The summed E-state index contributed by atoms with van der Waals surface area (Å²) in [4.78, 5) is 0. The Morgan fingerprint density at radius 1 is 0.667 bits per heavy atom. The van der Waals surface area contributed by atoms with Crippen LogP contribution in [0.4, 0.5) is 0 Å². The maximum absolute atomic E-state index is 5.68. The van der Waals surface area contributed by atoms with Crippen LogP contribution in [0.5, 0.6) is 0 Å². The molecular weight excluding hydrogens is 462 g/mol. The van der Waals surface area contributed by atoms with E-state index in [1.54, 1.807) is 0 Å². The molecule has 0 atom stereocenters. The Morgan fingerprint density at radius 2 is 1.04 bits per heavy atom. The molecule has 0 unspecified atom stereocenters. The number of hydrogen-bond donors (Lipinski definition) is 0. The van der Waals surface area contributed by atoms with Crippen LogP contribution in [0, 0.1) is 5.92 Å². The summed E-state index contributed by atoms with van der Waals surface area (Å²) < 4.78 is 3.07. The summed E-state index contributed by atoms with van der Waals surface area (Å²) in [6, 6.07) is 33.7. The summed E-state index contributed by atoms with van der Waals surface area (Å²) in [7, 11) is 0. The Balaban J connectivity index is 1.99. The molecule has 1 nitrogen and oxygen atoms in total. The van der Waals surface area contributed by atoms with E-state index >= 15 is 0 Å². The van der Waals surface area contributed by atoms with E-state index in [4.69, 9.17) is 4.74 Å². The van der Waals surface area contributed by atoms with Crippen molar-refractivity contribution in [3.8, 4) is 0 Å². The Bertz CT molecular complexity index is 761. The molecule has 27 heavy (non-hydrogen) atoms. The molecule has 0 saturated carbocycles. The Kier molecular flexibility index (Phi) is 5.68. The quantitative estimate of drug-likeness (QED) is 0.350. The molecule has 1 aliphatic rings. The second-order valence-electron chi connectivity index (χ2n) is 7.43. The third-order valence-corrected chi connectivity index (χ3v) is 17.3. The van der Waals surface area contributed by atoms with Crippen molar-refractivity contribution in [2.45, 2.75) is 12.8 Å². The van der Waals surface area contributed by atoms with Gasteiger partial charge in [0.05, 0.1) is 0 Å². The average Bonchev–Trinajstić information content (AvgIpc) is 2.76. The van der Waals surface area contributed by atoms with Crippen molar-refractivity contribution in [1.29, 1.82) is 0 Å². The fourth-order valence-electron chi connectivity index (χ4n) is 4.39. The molecule has 0 bridgehead atoms. The molecule has 1 fully saturated rings. The van der Waals surface area contributed by atoms with E-state index in [0.717, 1.165) is 26.1 Å². The molecule has 1 aliphatic heterocycles. The second kappa shape index (κ2) is 8.03. The third-order valence-electron chi connectivity index (χ3n) is 5.83. The van der Waals surface area contributed by atoms with Crippen molar-refractivity contribution >= 4 is 42.2 Å². The number of ether oxygens (including phenoxy) is 1. The number of benzene rings is 3. The normalized spacial score (nSPS) is 17.1. The van der Waals surface area contributed by atoms with E-state index in [1.165, 1.54) is 22.1 Å². The molecule has 0 radical (unpaired) electrons. The van der Waals surface area contributed by atoms with Gasteiger partial charge in [-0.1, -0.05) is 0 Å². The van der Waals surface area contributed by atoms with Crippen LogP contribution in [0.1, 0.15) is 12.8 Å². The molecular formula is C24H26IOP. The number of rotatable bonds is 5. The summed E-state index contributed by atoms with van der Waals surface area (Å²) in [5, 5.41) is 4.44. The molecule has 3 aromatic rings. The molecule has 4 rings (SSSR count). The number of hydrogen-bond acceptors (Lipinski definition) is 1. The zero-order valence-corrected chi connectivity index (χ0v) is 18.6. The van der Waals surface area contributed by atoms with Gasteiger partial charge in [0.2, 0.25) is 0 Å². The van der Waals surface area contributed by atoms with Gasteiger partial charge in [0.15, 0.2) is 0 Å². The van der Waals surface area contributed by atoms with E-state index in [2.05, 4.69) is 113 Å². The van der Waals surface area contributed by atoms with Gasteiger partial charge in [0.25, 0.3) is 0 Å². The van der Waals surface area contributed by atoms with Crippen molar-refractivity contribution in [3.05, 3.63) is 91.0 Å². The summed E-state index contributed by atoms with van der Waals surface area (Å²) in [5.74, 6) is 0.689. The molecule has 1 saturated heterocycles. The first-order chi connectivity index (χ1) is 13.2. The van der Waals surface area contributed by atoms with Crippen LogP contribution in [-0.2, 0) is 4.74 Å². The maximum atomic E-state index is 5.68. The molecule has 0 N–H and O–H groups in total. The fraction of sp³-hybridized carbons (Fsp3) is 0.250. The van der Waals surface area contributed by atoms with Gasteiger partial charge in [0, 0.05) is 0 Å².